The van der Waals surface area contributed by atoms with E-state index in [9.17, 15) is 23.4 Å². The summed E-state index contributed by atoms with van der Waals surface area (Å²) < 4.78 is 38.1. The number of rotatable bonds is 9. The van der Waals surface area contributed by atoms with Crippen LogP contribution in [0.2, 0.25) is 0 Å². The fourth-order valence-electron chi connectivity index (χ4n) is 4.41. The van der Waals surface area contributed by atoms with E-state index in [1.807, 2.05) is 32.9 Å². The number of hydrogen-bond donors (Lipinski definition) is 2. The molecule has 0 bridgehead atoms. The fraction of sp³-hybridized carbons (Fsp3) is 0.379. The van der Waals surface area contributed by atoms with E-state index in [2.05, 4.69) is 4.98 Å². The van der Waals surface area contributed by atoms with Gasteiger partial charge in [0.05, 0.1) is 6.33 Å². The molecule has 4 rings (SSSR count). The van der Waals surface area contributed by atoms with Crippen LogP contribution >= 0.6 is 11.8 Å². The number of thioether (sulfide) groups is 1. The zero-order valence-corrected chi connectivity index (χ0v) is 24.8. The molecule has 3 aromatic rings. The molecule has 0 saturated carbocycles. The van der Waals surface area contributed by atoms with Crippen LogP contribution in [0.3, 0.4) is 0 Å². The second kappa shape index (κ2) is 11.2. The van der Waals surface area contributed by atoms with Crippen molar-refractivity contribution in [1.82, 2.24) is 9.55 Å². The lowest BCUT2D eigenvalue weighted by molar-refractivity contribution is -0.156. The number of aryl methyl sites for hydroxylation is 2. The zero-order chi connectivity index (χ0) is 29.3. The molecule has 214 valence electrons. The first kappa shape index (κ1) is 29.5. The lowest BCUT2D eigenvalue weighted by Gasteiger charge is -2.34. The first-order valence-electron chi connectivity index (χ1n) is 12.8. The lowest BCUT2D eigenvalue weighted by atomic mass is 9.86. The minimum absolute atomic E-state index is 0.0461. The monoisotopic (exact) mass is 586 g/mol. The van der Waals surface area contributed by atoms with Crippen LogP contribution in [0.1, 0.15) is 57.2 Å². The molecule has 1 aliphatic rings. The van der Waals surface area contributed by atoms with Gasteiger partial charge < -0.3 is 23.7 Å². The van der Waals surface area contributed by atoms with Crippen molar-refractivity contribution >= 4 is 27.8 Å². The Kier molecular flexibility index (Phi) is 8.28. The normalized spacial score (nSPS) is 18.1. The number of nitrogens with zero attached hydrogens (tertiary/aromatic N) is 2. The van der Waals surface area contributed by atoms with E-state index in [1.54, 1.807) is 38.1 Å². The van der Waals surface area contributed by atoms with Crippen LogP contribution in [0.25, 0.3) is 0 Å². The van der Waals surface area contributed by atoms with E-state index in [-0.39, 0.29) is 34.5 Å². The number of aliphatic hydroxyl groups is 1. The number of phenolic OH excluding ortho intramolecular Hbond substituents is 1. The number of phenols is 1. The van der Waals surface area contributed by atoms with E-state index < -0.39 is 27.1 Å². The molecule has 0 saturated heterocycles. The fourth-order valence-corrected chi connectivity index (χ4v) is 6.68. The second-order valence-corrected chi connectivity index (χ2v) is 13.9. The summed E-state index contributed by atoms with van der Waals surface area (Å²) in [5, 5.41) is 20.5. The molecule has 0 aliphatic carbocycles. The number of carbonyl (C=O) groups is 1. The van der Waals surface area contributed by atoms with Gasteiger partial charge in [-0.05, 0) is 73.1 Å². The molecule has 11 heteroatoms. The van der Waals surface area contributed by atoms with Crippen LogP contribution in [0.15, 0.2) is 70.7 Å². The SMILES string of the molecule is Cc1cc(SC2=C(O)CC(C)(CCc3ccc(O)cc3)OC2=O)c(C(C)(C)C)cc1OS(=O)(=O)Cn1ccnc1. The predicted octanol–water partition coefficient (Wildman–Crippen LogP) is 5.76. The molecule has 2 aromatic carbocycles. The van der Waals surface area contributed by atoms with Gasteiger partial charge in [0.25, 0.3) is 0 Å². The molecule has 0 fully saturated rings. The third kappa shape index (κ3) is 7.19. The number of imidazole rings is 1. The Morgan fingerprint density at radius 1 is 1.18 bits per heavy atom. The molecule has 2 N–H and O–H groups in total. The number of benzene rings is 2. The second-order valence-electron chi connectivity index (χ2n) is 11.3. The highest BCUT2D eigenvalue weighted by Crippen LogP contribution is 2.44. The number of aromatic nitrogens is 2. The van der Waals surface area contributed by atoms with Gasteiger partial charge in [-0.1, -0.05) is 44.7 Å². The van der Waals surface area contributed by atoms with Crippen LogP contribution in [0, 0.1) is 6.92 Å². The molecular weight excluding hydrogens is 552 g/mol. The van der Waals surface area contributed by atoms with Gasteiger partial charge in [-0.15, -0.1) is 0 Å². The summed E-state index contributed by atoms with van der Waals surface area (Å²) in [6, 6.07) is 10.3. The number of esters is 1. The maximum Gasteiger partial charge on any atom is 0.348 e. The number of hydrogen-bond acceptors (Lipinski definition) is 9. The summed E-state index contributed by atoms with van der Waals surface area (Å²) in [6.45, 7) is 9.44. The van der Waals surface area contributed by atoms with Crippen molar-refractivity contribution in [3.63, 3.8) is 0 Å². The highest BCUT2D eigenvalue weighted by molar-refractivity contribution is 8.04. The van der Waals surface area contributed by atoms with Gasteiger partial charge in [0, 0.05) is 23.7 Å². The standard InChI is InChI=1S/C29H34N2O7S2/c1-19-14-25(22(28(2,3)4)15-24(19)38-40(35,36)18-31-13-12-30-17-31)39-26-23(33)16-29(5,37-27(26)34)11-10-20-6-8-21(32)9-7-20/h6-9,12-15,17,32-33H,10-11,16,18H2,1-5H3. The Labute approximate surface area is 239 Å². The third-order valence-electron chi connectivity index (χ3n) is 6.59. The van der Waals surface area contributed by atoms with Crippen molar-refractivity contribution in [3.05, 3.63) is 82.5 Å². The summed E-state index contributed by atoms with van der Waals surface area (Å²) in [5.74, 6) is -0.660. The minimum atomic E-state index is -3.96. The topological polar surface area (TPSA) is 128 Å². The van der Waals surface area contributed by atoms with Crippen LogP contribution in [-0.4, -0.2) is 39.8 Å². The Balaban J connectivity index is 1.56. The van der Waals surface area contributed by atoms with Gasteiger partial charge >= 0.3 is 16.1 Å². The molecule has 1 atom stereocenters. The maximum atomic E-state index is 13.1. The average molecular weight is 587 g/mol. The average Bonchev–Trinajstić information content (AvgIpc) is 3.34. The predicted molar refractivity (Wildman–Crippen MR) is 153 cm³/mol. The van der Waals surface area contributed by atoms with Crippen molar-refractivity contribution in [1.29, 1.82) is 0 Å². The third-order valence-corrected chi connectivity index (χ3v) is 8.80. The largest absolute Gasteiger partial charge is 0.511 e. The molecule has 1 aromatic heterocycles. The van der Waals surface area contributed by atoms with E-state index >= 15 is 0 Å². The molecule has 0 amide bonds. The van der Waals surface area contributed by atoms with Gasteiger partial charge in [-0.3, -0.25) is 0 Å². The lowest BCUT2D eigenvalue weighted by Crippen LogP contribution is -2.37. The quantitative estimate of drug-likeness (QED) is 0.237. The number of ether oxygens (including phenoxy) is 1. The van der Waals surface area contributed by atoms with Crippen molar-refractivity contribution in [2.75, 3.05) is 0 Å². The van der Waals surface area contributed by atoms with Crippen molar-refractivity contribution < 1.29 is 32.3 Å². The van der Waals surface area contributed by atoms with Crippen LogP contribution in [0.5, 0.6) is 11.5 Å². The van der Waals surface area contributed by atoms with Crippen molar-refractivity contribution in [3.8, 4) is 11.5 Å². The number of aliphatic hydroxyl groups excluding tert-OH is 1. The molecular formula is C29H34N2O7S2. The molecule has 0 radical (unpaired) electrons. The van der Waals surface area contributed by atoms with Crippen LogP contribution in [-0.2, 0) is 37.4 Å². The summed E-state index contributed by atoms with van der Waals surface area (Å²) in [5.41, 5.74) is 0.985. The van der Waals surface area contributed by atoms with Crippen LogP contribution in [0.4, 0.5) is 0 Å². The zero-order valence-electron chi connectivity index (χ0n) is 23.2. The Morgan fingerprint density at radius 3 is 2.48 bits per heavy atom. The Hall–Kier alpha value is -3.44. The minimum Gasteiger partial charge on any atom is -0.511 e. The summed E-state index contributed by atoms with van der Waals surface area (Å²) in [6.07, 6.45) is 5.70. The van der Waals surface area contributed by atoms with Gasteiger partial charge in [-0.2, -0.15) is 8.42 Å². The van der Waals surface area contributed by atoms with E-state index in [4.69, 9.17) is 8.92 Å². The smallest absolute Gasteiger partial charge is 0.348 e. The van der Waals surface area contributed by atoms with Crippen molar-refractivity contribution in [2.45, 2.75) is 75.7 Å². The summed E-state index contributed by atoms with van der Waals surface area (Å²) >= 11 is 1.11. The number of aromatic hydroxyl groups is 1. The molecule has 1 aliphatic heterocycles. The molecule has 0 spiro atoms. The Bertz CT molecular complexity index is 1520. The first-order valence-corrected chi connectivity index (χ1v) is 15.2. The van der Waals surface area contributed by atoms with Gasteiger partial charge in [0.2, 0.25) is 0 Å². The van der Waals surface area contributed by atoms with Crippen molar-refractivity contribution in [2.24, 2.45) is 0 Å². The Morgan fingerprint density at radius 2 is 1.88 bits per heavy atom. The van der Waals surface area contributed by atoms with Gasteiger partial charge in [0.15, 0.2) is 5.88 Å². The highest BCUT2D eigenvalue weighted by atomic mass is 32.2. The molecule has 9 nitrogen and oxygen atoms in total. The van der Waals surface area contributed by atoms with E-state index in [0.717, 1.165) is 22.9 Å². The van der Waals surface area contributed by atoms with Crippen LogP contribution < -0.4 is 4.18 Å². The molecule has 1 unspecified atom stereocenters. The maximum absolute atomic E-state index is 13.1. The molecule has 40 heavy (non-hydrogen) atoms. The summed E-state index contributed by atoms with van der Waals surface area (Å²) in [4.78, 5) is 17.8. The molecule has 2 heterocycles. The first-order chi connectivity index (χ1) is 18.6. The van der Waals surface area contributed by atoms with Gasteiger partial charge in [0.1, 0.15) is 27.8 Å². The van der Waals surface area contributed by atoms with Gasteiger partial charge in [-0.25, -0.2) is 9.78 Å². The van der Waals surface area contributed by atoms with E-state index in [1.165, 1.54) is 23.3 Å². The number of cyclic esters (lactones) is 1. The summed E-state index contributed by atoms with van der Waals surface area (Å²) in [7, 11) is -3.96. The highest BCUT2D eigenvalue weighted by Gasteiger charge is 2.39. The number of carbonyl (C=O) groups excluding carboxylic acids is 1. The van der Waals surface area contributed by atoms with E-state index in [0.29, 0.717) is 23.3 Å².